The molecule has 5 nitrogen and oxygen atoms in total. The number of anilines is 1. The van der Waals surface area contributed by atoms with Gasteiger partial charge >= 0.3 is 5.97 Å². The number of nitrogens with one attached hydrogen (secondary N) is 1. The van der Waals surface area contributed by atoms with Crippen LogP contribution in [0.5, 0.6) is 5.75 Å². The quantitative estimate of drug-likeness (QED) is 0.303. The summed E-state index contributed by atoms with van der Waals surface area (Å²) in [5.41, 5.74) is 2.78. The largest absolute Gasteiger partial charge is 0.489 e. The van der Waals surface area contributed by atoms with Crippen LogP contribution in [-0.4, -0.2) is 25.2 Å². The van der Waals surface area contributed by atoms with E-state index in [1.807, 2.05) is 30.3 Å². The molecule has 0 aliphatic carbocycles. The van der Waals surface area contributed by atoms with E-state index < -0.39 is 5.97 Å². The smallest absolute Gasteiger partial charge is 0.337 e. The van der Waals surface area contributed by atoms with Gasteiger partial charge in [-0.15, -0.1) is 0 Å². The summed E-state index contributed by atoms with van der Waals surface area (Å²) in [5, 5.41) is 4.44. The van der Waals surface area contributed by atoms with Crippen molar-refractivity contribution >= 4 is 22.8 Å². The van der Waals surface area contributed by atoms with Crippen LogP contribution in [0.1, 0.15) is 51.4 Å². The summed E-state index contributed by atoms with van der Waals surface area (Å²) < 4.78 is 17.2. The Morgan fingerprint density at radius 3 is 2.50 bits per heavy atom. The number of hydrogen-bond acceptors (Lipinski definition) is 5. The fourth-order valence-electron chi connectivity index (χ4n) is 4.32. The van der Waals surface area contributed by atoms with E-state index in [9.17, 15) is 4.79 Å². The highest BCUT2D eigenvalue weighted by Crippen LogP contribution is 2.44. The standard InChI is InChI=1S/C27H33NO4/c1-8-15-31-21-12-10-9-11-19(21)23-20-16-18(25(29)30-7)13-14-22(20)32-24(23)28-27(5,6)17-26(2,3)4/h8-14,16,28H,1,15,17H2,2-7H3. The first-order valence-electron chi connectivity index (χ1n) is 10.8. The van der Waals surface area contributed by atoms with Gasteiger partial charge in [0.25, 0.3) is 0 Å². The molecule has 0 radical (unpaired) electrons. The van der Waals surface area contributed by atoms with Crippen LogP contribution in [0.15, 0.2) is 59.5 Å². The minimum Gasteiger partial charge on any atom is -0.489 e. The molecule has 2 aromatic carbocycles. The second-order valence-corrected chi connectivity index (χ2v) is 9.85. The fourth-order valence-corrected chi connectivity index (χ4v) is 4.32. The summed E-state index contributed by atoms with van der Waals surface area (Å²) in [6.45, 7) is 15.1. The monoisotopic (exact) mass is 435 g/mol. The van der Waals surface area contributed by atoms with Crippen molar-refractivity contribution in [2.24, 2.45) is 5.41 Å². The predicted octanol–water partition coefficient (Wildman–Crippen LogP) is 7.08. The SMILES string of the molecule is C=CCOc1ccccc1-c1c(NC(C)(C)CC(C)(C)C)oc2ccc(C(=O)OC)cc12. The molecular formula is C27H33NO4. The van der Waals surface area contributed by atoms with Gasteiger partial charge in [0.1, 0.15) is 17.9 Å². The summed E-state index contributed by atoms with van der Waals surface area (Å²) >= 11 is 0. The Morgan fingerprint density at radius 2 is 1.84 bits per heavy atom. The predicted molar refractivity (Wildman–Crippen MR) is 130 cm³/mol. The minimum absolute atomic E-state index is 0.131. The van der Waals surface area contributed by atoms with E-state index in [2.05, 4.69) is 46.5 Å². The van der Waals surface area contributed by atoms with Crippen molar-refractivity contribution in [3.05, 3.63) is 60.7 Å². The van der Waals surface area contributed by atoms with Crippen molar-refractivity contribution < 1.29 is 18.7 Å². The van der Waals surface area contributed by atoms with Gasteiger partial charge in [-0.2, -0.15) is 0 Å². The van der Waals surface area contributed by atoms with Crippen LogP contribution >= 0.6 is 0 Å². The van der Waals surface area contributed by atoms with Crippen molar-refractivity contribution in [2.75, 3.05) is 19.0 Å². The third-order valence-corrected chi connectivity index (χ3v) is 5.05. The Balaban J connectivity index is 2.22. The van der Waals surface area contributed by atoms with E-state index in [1.54, 1.807) is 18.2 Å². The average molecular weight is 436 g/mol. The lowest BCUT2D eigenvalue weighted by Gasteiger charge is -2.33. The highest BCUT2D eigenvalue weighted by atomic mass is 16.5. The molecule has 0 aliphatic rings. The van der Waals surface area contributed by atoms with E-state index in [1.165, 1.54) is 7.11 Å². The molecule has 1 heterocycles. The molecule has 0 spiro atoms. The van der Waals surface area contributed by atoms with Gasteiger partial charge in [0.2, 0.25) is 5.88 Å². The molecule has 1 aromatic heterocycles. The molecule has 0 aliphatic heterocycles. The van der Waals surface area contributed by atoms with Crippen LogP contribution in [0.25, 0.3) is 22.1 Å². The lowest BCUT2D eigenvalue weighted by molar-refractivity contribution is 0.0601. The number of esters is 1. The zero-order valence-electron chi connectivity index (χ0n) is 19.9. The molecule has 0 bridgehead atoms. The maximum Gasteiger partial charge on any atom is 0.337 e. The Labute approximate surface area is 190 Å². The number of fused-ring (bicyclic) bond motifs is 1. The summed E-state index contributed by atoms with van der Waals surface area (Å²) in [6, 6.07) is 13.1. The van der Waals surface area contributed by atoms with E-state index in [0.29, 0.717) is 23.6 Å². The van der Waals surface area contributed by atoms with Gasteiger partial charge in [-0.3, -0.25) is 0 Å². The van der Waals surface area contributed by atoms with Crippen molar-refractivity contribution in [1.29, 1.82) is 0 Å². The van der Waals surface area contributed by atoms with Gasteiger partial charge in [0.05, 0.1) is 18.2 Å². The zero-order valence-corrected chi connectivity index (χ0v) is 19.9. The van der Waals surface area contributed by atoms with Crippen LogP contribution in [0.2, 0.25) is 0 Å². The van der Waals surface area contributed by atoms with Crippen molar-refractivity contribution in [1.82, 2.24) is 0 Å². The van der Waals surface area contributed by atoms with Gasteiger partial charge in [-0.25, -0.2) is 4.79 Å². The van der Waals surface area contributed by atoms with Crippen molar-refractivity contribution in [3.63, 3.8) is 0 Å². The molecule has 0 unspecified atom stereocenters. The Bertz CT molecular complexity index is 1120. The molecule has 0 atom stereocenters. The molecule has 3 rings (SSSR count). The molecule has 0 saturated carbocycles. The normalized spacial score (nSPS) is 11.9. The second-order valence-electron chi connectivity index (χ2n) is 9.85. The molecule has 0 fully saturated rings. The van der Waals surface area contributed by atoms with Crippen molar-refractivity contribution in [3.8, 4) is 16.9 Å². The molecule has 32 heavy (non-hydrogen) atoms. The number of benzene rings is 2. The summed E-state index contributed by atoms with van der Waals surface area (Å²) in [5.74, 6) is 0.971. The molecule has 0 saturated heterocycles. The lowest BCUT2D eigenvalue weighted by Crippen LogP contribution is -2.35. The number of furan rings is 1. The first-order chi connectivity index (χ1) is 15.0. The summed E-state index contributed by atoms with van der Waals surface area (Å²) in [4.78, 5) is 12.2. The molecular weight excluding hydrogens is 402 g/mol. The van der Waals surface area contributed by atoms with E-state index in [4.69, 9.17) is 13.9 Å². The Kier molecular flexibility index (Phi) is 6.68. The third-order valence-electron chi connectivity index (χ3n) is 5.05. The zero-order chi connectivity index (χ0) is 23.5. The highest BCUT2D eigenvalue weighted by Gasteiger charge is 2.29. The fraction of sp³-hybridized carbons (Fsp3) is 0.370. The third kappa shape index (κ3) is 5.34. The van der Waals surface area contributed by atoms with Gasteiger partial charge in [0, 0.05) is 16.5 Å². The Hall–Kier alpha value is -3.21. The van der Waals surface area contributed by atoms with Crippen LogP contribution in [0.4, 0.5) is 5.88 Å². The number of carbonyl (C=O) groups excluding carboxylic acids is 1. The number of hydrogen-bond donors (Lipinski definition) is 1. The number of ether oxygens (including phenoxy) is 2. The topological polar surface area (TPSA) is 60.7 Å². The average Bonchev–Trinajstić information content (AvgIpc) is 3.05. The maximum atomic E-state index is 12.2. The van der Waals surface area contributed by atoms with Gasteiger partial charge in [-0.05, 0) is 49.9 Å². The lowest BCUT2D eigenvalue weighted by atomic mass is 9.81. The van der Waals surface area contributed by atoms with E-state index >= 15 is 0 Å². The number of rotatable bonds is 8. The van der Waals surface area contributed by atoms with E-state index in [-0.39, 0.29) is 11.0 Å². The minimum atomic E-state index is -0.391. The Morgan fingerprint density at radius 1 is 1.12 bits per heavy atom. The van der Waals surface area contributed by atoms with Gasteiger partial charge in [-0.1, -0.05) is 51.6 Å². The van der Waals surface area contributed by atoms with Gasteiger partial charge < -0.3 is 19.2 Å². The summed E-state index contributed by atoms with van der Waals surface area (Å²) in [7, 11) is 1.38. The van der Waals surface area contributed by atoms with Crippen LogP contribution in [0, 0.1) is 5.41 Å². The van der Waals surface area contributed by atoms with Crippen LogP contribution in [-0.2, 0) is 4.74 Å². The summed E-state index contributed by atoms with van der Waals surface area (Å²) in [6.07, 6.45) is 2.64. The van der Waals surface area contributed by atoms with Crippen molar-refractivity contribution in [2.45, 2.75) is 46.6 Å². The van der Waals surface area contributed by atoms with E-state index in [0.717, 1.165) is 28.7 Å². The molecule has 1 N–H and O–H groups in total. The molecule has 5 heteroatoms. The number of para-hydroxylation sites is 1. The van der Waals surface area contributed by atoms with Crippen LogP contribution < -0.4 is 10.1 Å². The molecule has 170 valence electrons. The molecule has 3 aromatic rings. The first kappa shape index (κ1) is 23.5. The second kappa shape index (κ2) is 9.11. The highest BCUT2D eigenvalue weighted by molar-refractivity contribution is 6.05. The first-order valence-corrected chi connectivity index (χ1v) is 10.8. The van der Waals surface area contributed by atoms with Gasteiger partial charge in [0.15, 0.2) is 0 Å². The molecule has 0 amide bonds. The number of carbonyl (C=O) groups is 1. The number of methoxy groups -OCH3 is 1. The maximum absolute atomic E-state index is 12.2. The van der Waals surface area contributed by atoms with Crippen LogP contribution in [0.3, 0.4) is 0 Å².